The van der Waals surface area contributed by atoms with Crippen molar-refractivity contribution in [2.24, 2.45) is 23.2 Å². The van der Waals surface area contributed by atoms with Crippen LogP contribution in [0, 0.1) is 23.2 Å². The Morgan fingerprint density at radius 1 is 1.25 bits per heavy atom. The number of hydrogen-bond acceptors (Lipinski definition) is 2. The lowest BCUT2D eigenvalue weighted by Gasteiger charge is -2.55. The summed E-state index contributed by atoms with van der Waals surface area (Å²) in [4.78, 5) is 17.6. The summed E-state index contributed by atoms with van der Waals surface area (Å²) >= 11 is 0. The Hall–Kier alpha value is -1.12. The smallest absolute Gasteiger partial charge is 0.204 e. The first-order valence-electron chi connectivity index (χ1n) is 8.26. The van der Waals surface area contributed by atoms with Crippen LogP contribution in [0.1, 0.15) is 62.5 Å². The standard InChI is InChI=1S/C17H24N2O/c1-2-4-19-5-3-18-16(19)15(20)17-9-12-6-13(10-17)8-14(7-12)11-17/h3,5,12-14H,2,4,6-11H2,1H3. The monoisotopic (exact) mass is 272 g/mol. The van der Waals surface area contributed by atoms with Gasteiger partial charge in [0.05, 0.1) is 0 Å². The third-order valence-electron chi connectivity index (χ3n) is 5.90. The minimum absolute atomic E-state index is 0.0500. The number of carbonyl (C=O) groups is 1. The minimum atomic E-state index is -0.0500. The number of aromatic nitrogens is 2. The first-order chi connectivity index (χ1) is 9.70. The van der Waals surface area contributed by atoms with Gasteiger partial charge in [0.15, 0.2) is 5.82 Å². The van der Waals surface area contributed by atoms with E-state index in [2.05, 4.69) is 16.5 Å². The van der Waals surface area contributed by atoms with Crippen molar-refractivity contribution >= 4 is 5.78 Å². The van der Waals surface area contributed by atoms with E-state index < -0.39 is 0 Å². The fourth-order valence-electron chi connectivity index (χ4n) is 5.57. The van der Waals surface area contributed by atoms with Crippen molar-refractivity contribution < 1.29 is 4.79 Å². The number of imidazole rings is 1. The molecule has 0 N–H and O–H groups in total. The number of rotatable bonds is 4. The Bertz CT molecular complexity index is 496. The molecule has 0 spiro atoms. The fourth-order valence-corrected chi connectivity index (χ4v) is 5.57. The van der Waals surface area contributed by atoms with E-state index in [-0.39, 0.29) is 5.41 Å². The Labute approximate surface area is 120 Å². The van der Waals surface area contributed by atoms with Crippen molar-refractivity contribution in [3.8, 4) is 0 Å². The maximum Gasteiger partial charge on any atom is 0.204 e. The van der Waals surface area contributed by atoms with Gasteiger partial charge >= 0.3 is 0 Å². The maximum atomic E-state index is 13.2. The predicted molar refractivity (Wildman–Crippen MR) is 77.5 cm³/mol. The zero-order chi connectivity index (χ0) is 13.7. The minimum Gasteiger partial charge on any atom is -0.329 e. The molecule has 4 saturated carbocycles. The number of aryl methyl sites for hydroxylation is 1. The van der Waals surface area contributed by atoms with Crippen LogP contribution in [0.3, 0.4) is 0 Å². The van der Waals surface area contributed by atoms with Crippen molar-refractivity contribution in [2.75, 3.05) is 0 Å². The normalized spacial score (nSPS) is 38.4. The van der Waals surface area contributed by atoms with Crippen LogP contribution < -0.4 is 0 Å². The molecule has 0 radical (unpaired) electrons. The Morgan fingerprint density at radius 3 is 2.40 bits per heavy atom. The van der Waals surface area contributed by atoms with Gasteiger partial charge in [0.25, 0.3) is 0 Å². The van der Waals surface area contributed by atoms with Crippen molar-refractivity contribution in [3.05, 3.63) is 18.2 Å². The van der Waals surface area contributed by atoms with Crippen LogP contribution in [0.4, 0.5) is 0 Å². The van der Waals surface area contributed by atoms with E-state index in [0.29, 0.717) is 5.78 Å². The third kappa shape index (κ3) is 1.78. The molecular weight excluding hydrogens is 248 g/mol. The summed E-state index contributed by atoms with van der Waals surface area (Å²) in [5.41, 5.74) is -0.0500. The Kier molecular flexibility index (Phi) is 2.80. The van der Waals surface area contributed by atoms with Crippen LogP contribution in [0.5, 0.6) is 0 Å². The van der Waals surface area contributed by atoms with Gasteiger partial charge in [0.1, 0.15) is 0 Å². The second-order valence-corrected chi connectivity index (χ2v) is 7.47. The first kappa shape index (κ1) is 12.6. The molecule has 4 fully saturated rings. The van der Waals surface area contributed by atoms with E-state index in [1.165, 1.54) is 19.3 Å². The van der Waals surface area contributed by atoms with E-state index in [0.717, 1.165) is 55.8 Å². The van der Waals surface area contributed by atoms with Crippen LogP contribution in [0.2, 0.25) is 0 Å². The number of carbonyl (C=O) groups excluding carboxylic acids is 1. The highest BCUT2D eigenvalue weighted by molar-refractivity contribution is 5.98. The van der Waals surface area contributed by atoms with E-state index in [4.69, 9.17) is 0 Å². The SMILES string of the molecule is CCCn1ccnc1C(=O)C12CC3CC(CC(C3)C1)C2. The topological polar surface area (TPSA) is 34.9 Å². The van der Waals surface area contributed by atoms with E-state index >= 15 is 0 Å². The van der Waals surface area contributed by atoms with Gasteiger partial charge in [0, 0.05) is 24.4 Å². The molecular formula is C17H24N2O. The lowest BCUT2D eigenvalue weighted by molar-refractivity contribution is -0.0360. The highest BCUT2D eigenvalue weighted by Crippen LogP contribution is 2.60. The molecule has 1 aromatic heterocycles. The second kappa shape index (κ2) is 4.44. The first-order valence-corrected chi connectivity index (χ1v) is 8.26. The summed E-state index contributed by atoms with van der Waals surface area (Å²) in [6.07, 6.45) is 12.4. The molecule has 108 valence electrons. The number of Topliss-reactive ketones (excluding diaryl/α,β-unsaturated/α-hetero) is 1. The molecule has 1 aromatic rings. The highest BCUT2D eigenvalue weighted by Gasteiger charge is 2.55. The average Bonchev–Trinajstić information content (AvgIpc) is 2.85. The molecule has 0 aliphatic heterocycles. The summed E-state index contributed by atoms with van der Waals surface area (Å²) < 4.78 is 2.07. The number of hydrogen-bond donors (Lipinski definition) is 0. The highest BCUT2D eigenvalue weighted by atomic mass is 16.1. The van der Waals surface area contributed by atoms with Gasteiger partial charge in [-0.05, 0) is 62.7 Å². The summed E-state index contributed by atoms with van der Waals surface area (Å²) in [6.45, 7) is 3.06. The summed E-state index contributed by atoms with van der Waals surface area (Å²) in [6, 6.07) is 0. The lowest BCUT2D eigenvalue weighted by Crippen LogP contribution is -2.50. The summed E-state index contributed by atoms with van der Waals surface area (Å²) in [5, 5.41) is 0. The molecule has 4 aliphatic rings. The lowest BCUT2D eigenvalue weighted by atomic mass is 9.48. The molecule has 20 heavy (non-hydrogen) atoms. The summed E-state index contributed by atoms with van der Waals surface area (Å²) in [5.74, 6) is 3.54. The van der Waals surface area contributed by atoms with Crippen LogP contribution in [0.25, 0.3) is 0 Å². The Balaban J connectivity index is 1.66. The van der Waals surface area contributed by atoms with Crippen molar-refractivity contribution in [3.63, 3.8) is 0 Å². The molecule has 4 aliphatic carbocycles. The molecule has 3 nitrogen and oxygen atoms in total. The fraction of sp³-hybridized carbons (Fsp3) is 0.765. The van der Waals surface area contributed by atoms with Gasteiger partial charge in [-0.15, -0.1) is 0 Å². The van der Waals surface area contributed by atoms with Gasteiger partial charge in [-0.1, -0.05) is 6.92 Å². The Morgan fingerprint density at radius 2 is 1.85 bits per heavy atom. The van der Waals surface area contributed by atoms with Crippen LogP contribution >= 0.6 is 0 Å². The molecule has 5 rings (SSSR count). The van der Waals surface area contributed by atoms with Crippen LogP contribution in [-0.2, 0) is 6.54 Å². The predicted octanol–water partition coefficient (Wildman–Crippen LogP) is 3.69. The molecule has 0 unspecified atom stereocenters. The maximum absolute atomic E-state index is 13.2. The van der Waals surface area contributed by atoms with E-state index in [1.807, 2.05) is 6.20 Å². The van der Waals surface area contributed by atoms with E-state index in [9.17, 15) is 4.79 Å². The quantitative estimate of drug-likeness (QED) is 0.783. The van der Waals surface area contributed by atoms with Crippen molar-refractivity contribution in [2.45, 2.75) is 58.4 Å². The van der Waals surface area contributed by atoms with Gasteiger partial charge in [-0.2, -0.15) is 0 Å². The van der Waals surface area contributed by atoms with Gasteiger partial charge in [-0.3, -0.25) is 4.79 Å². The molecule has 4 bridgehead atoms. The number of nitrogens with zero attached hydrogens (tertiary/aromatic N) is 2. The number of ketones is 1. The van der Waals surface area contributed by atoms with Gasteiger partial charge in [0.2, 0.25) is 5.78 Å². The average molecular weight is 272 g/mol. The van der Waals surface area contributed by atoms with E-state index in [1.54, 1.807) is 6.20 Å². The molecule has 3 heteroatoms. The molecule has 0 aromatic carbocycles. The third-order valence-corrected chi connectivity index (χ3v) is 5.90. The van der Waals surface area contributed by atoms with Gasteiger partial charge < -0.3 is 4.57 Å². The van der Waals surface area contributed by atoms with Crippen LogP contribution in [0.15, 0.2) is 12.4 Å². The van der Waals surface area contributed by atoms with Gasteiger partial charge in [-0.25, -0.2) is 4.98 Å². The van der Waals surface area contributed by atoms with Crippen LogP contribution in [-0.4, -0.2) is 15.3 Å². The zero-order valence-electron chi connectivity index (χ0n) is 12.3. The van der Waals surface area contributed by atoms with Crippen molar-refractivity contribution in [1.82, 2.24) is 9.55 Å². The largest absolute Gasteiger partial charge is 0.329 e. The second-order valence-electron chi connectivity index (χ2n) is 7.47. The zero-order valence-corrected chi connectivity index (χ0v) is 12.3. The molecule has 0 amide bonds. The molecule has 0 atom stereocenters. The van der Waals surface area contributed by atoms with Crippen molar-refractivity contribution in [1.29, 1.82) is 0 Å². The summed E-state index contributed by atoms with van der Waals surface area (Å²) in [7, 11) is 0. The molecule has 0 saturated heterocycles. The molecule has 1 heterocycles.